The predicted octanol–water partition coefficient (Wildman–Crippen LogP) is 6.40. The number of carbonyl (C=O) groups is 1. The Balaban J connectivity index is 1.43. The van der Waals surface area contributed by atoms with Crippen molar-refractivity contribution in [2.75, 3.05) is 55.7 Å². The fourth-order valence-corrected chi connectivity index (χ4v) is 5.77. The minimum absolute atomic E-state index is 0.0114. The zero-order valence-corrected chi connectivity index (χ0v) is 26.7. The molecule has 4 heterocycles. The van der Waals surface area contributed by atoms with E-state index in [1.807, 2.05) is 22.8 Å². The van der Waals surface area contributed by atoms with Gasteiger partial charge < -0.3 is 23.7 Å². The van der Waals surface area contributed by atoms with Crippen LogP contribution in [0, 0.1) is 0 Å². The molecule has 242 valence electrons. The number of nitrogens with zero attached hydrogens (tertiary/aromatic N) is 5. The number of ether oxygens (including phenoxy) is 3. The highest BCUT2D eigenvalue weighted by molar-refractivity contribution is 8.32. The van der Waals surface area contributed by atoms with E-state index in [-0.39, 0.29) is 25.1 Å². The van der Waals surface area contributed by atoms with Gasteiger partial charge in [0.2, 0.25) is 5.95 Å². The Bertz CT molecular complexity index is 1620. The molecule has 4 aromatic rings. The van der Waals surface area contributed by atoms with Gasteiger partial charge in [0, 0.05) is 67.3 Å². The molecule has 9 nitrogen and oxygen atoms in total. The maximum Gasteiger partial charge on any atom is 0.434 e. The van der Waals surface area contributed by atoms with Crippen molar-refractivity contribution in [1.29, 1.82) is 0 Å². The van der Waals surface area contributed by atoms with Crippen molar-refractivity contribution >= 4 is 32.8 Å². The molecule has 1 aromatic carbocycles. The van der Waals surface area contributed by atoms with Crippen LogP contribution in [-0.2, 0) is 22.4 Å². The topological polar surface area (TPSA) is 91.6 Å². The lowest BCUT2D eigenvalue weighted by atomic mass is 10.1. The summed E-state index contributed by atoms with van der Waals surface area (Å²) in [6.45, 7) is 3.77. The Labute approximate surface area is 262 Å². The molecule has 45 heavy (non-hydrogen) atoms. The van der Waals surface area contributed by atoms with E-state index in [4.69, 9.17) is 14.2 Å². The Morgan fingerprint density at radius 1 is 1.07 bits per heavy atom. The quantitative estimate of drug-likeness (QED) is 0.137. The maximum absolute atomic E-state index is 14.0. The smallest absolute Gasteiger partial charge is 0.434 e. The average molecular weight is 646 g/mol. The van der Waals surface area contributed by atoms with Gasteiger partial charge in [-0.2, -0.15) is 13.2 Å². The van der Waals surface area contributed by atoms with E-state index in [2.05, 4.69) is 38.6 Å². The zero-order valence-electron chi connectivity index (χ0n) is 25.8. The fourth-order valence-electron chi connectivity index (χ4n) is 5.15. The van der Waals surface area contributed by atoms with Gasteiger partial charge in [-0.05, 0) is 56.0 Å². The molecule has 0 radical (unpaired) electrons. The van der Waals surface area contributed by atoms with Gasteiger partial charge in [0.05, 0.1) is 30.0 Å². The highest BCUT2D eigenvalue weighted by Gasteiger charge is 2.38. The van der Waals surface area contributed by atoms with Gasteiger partial charge in [0.25, 0.3) is 0 Å². The first kappa shape index (κ1) is 32.6. The molecule has 0 atom stereocenters. The van der Waals surface area contributed by atoms with Gasteiger partial charge in [-0.25, -0.2) is 29.8 Å². The summed E-state index contributed by atoms with van der Waals surface area (Å²) in [5, 5.41) is 0.688. The van der Waals surface area contributed by atoms with Crippen LogP contribution in [0.15, 0.2) is 55.0 Å². The number of hydrogen-bond donors (Lipinski definition) is 0. The Morgan fingerprint density at radius 2 is 1.80 bits per heavy atom. The average Bonchev–Trinajstić information content (AvgIpc) is 3.37. The van der Waals surface area contributed by atoms with Crippen LogP contribution < -0.4 is 9.64 Å². The van der Waals surface area contributed by atoms with Crippen LogP contribution in [0.5, 0.6) is 5.75 Å². The van der Waals surface area contributed by atoms with Crippen molar-refractivity contribution in [3.63, 3.8) is 0 Å². The summed E-state index contributed by atoms with van der Waals surface area (Å²) in [5.41, 5.74) is -0.590. The van der Waals surface area contributed by atoms with E-state index in [1.54, 1.807) is 24.7 Å². The number of aromatic nitrogens is 4. The first-order chi connectivity index (χ1) is 21.4. The highest BCUT2D eigenvalue weighted by atomic mass is 32.3. The predicted molar refractivity (Wildman–Crippen MR) is 170 cm³/mol. The lowest BCUT2D eigenvalue weighted by molar-refractivity contribution is -0.141. The summed E-state index contributed by atoms with van der Waals surface area (Å²) in [5.74, 6) is 1.22. The number of alkyl halides is 3. The number of halogens is 3. The number of fused-ring (bicyclic) bond motifs is 1. The third-order valence-corrected chi connectivity index (χ3v) is 8.83. The number of pyridine rings is 1. The summed E-state index contributed by atoms with van der Waals surface area (Å²) in [6.07, 6.45) is 8.55. The van der Waals surface area contributed by atoms with Crippen LogP contribution >= 0.6 is 10.0 Å². The van der Waals surface area contributed by atoms with E-state index in [9.17, 15) is 18.0 Å². The van der Waals surface area contributed by atoms with Crippen molar-refractivity contribution in [3.05, 3.63) is 66.2 Å². The third kappa shape index (κ3) is 8.06. The summed E-state index contributed by atoms with van der Waals surface area (Å²) >= 11 is 0. The number of piperidine rings is 1. The summed E-state index contributed by atoms with van der Waals surface area (Å²) in [7, 11) is -0.758. The first-order valence-corrected chi connectivity index (χ1v) is 17.8. The monoisotopic (exact) mass is 645 g/mol. The van der Waals surface area contributed by atoms with Crippen LogP contribution in [0.1, 0.15) is 35.8 Å². The number of anilines is 1. The molecule has 0 bridgehead atoms. The van der Waals surface area contributed by atoms with Gasteiger partial charge in [-0.15, -0.1) is 0 Å². The normalized spacial score (nSPS) is 15.0. The number of esters is 1. The van der Waals surface area contributed by atoms with Crippen LogP contribution in [0.25, 0.3) is 22.2 Å². The third-order valence-electron chi connectivity index (χ3n) is 7.44. The SMILES string of the molecule is CCOC(=O)c1ccc(-c2cn(COCCS(C)(C)C)c3cc(OC4CCN(c5ncccn5)CC4)ccc23)nc1C(F)(F)F. The molecule has 0 saturated carbocycles. The molecular weight excluding hydrogens is 607 g/mol. The second-order valence-corrected chi connectivity index (χ2v) is 16.3. The molecular formula is C32H38F3N5O4S. The number of hydrogen-bond acceptors (Lipinski definition) is 8. The van der Waals surface area contributed by atoms with Gasteiger partial charge in [-0.1, -0.05) is 0 Å². The number of rotatable bonds is 11. The molecule has 3 aromatic heterocycles. The molecule has 0 amide bonds. The standard InChI is InChI=1S/C32H38F3N5O4S/c1-5-43-30(41)25-9-10-27(38-29(25)32(33,34)35)26-20-40(21-42-17-18-45(2,3)4)28-19-23(7-8-24(26)28)44-22-11-15-39(16-12-22)31-36-13-6-14-37-31/h6-10,13-14,19-20,22H,5,11-12,15-18,21H2,1-4H3. The minimum atomic E-state index is -4.85. The molecule has 13 heteroatoms. The Hall–Kier alpha value is -3.84. The summed E-state index contributed by atoms with van der Waals surface area (Å²) in [6, 6.07) is 9.87. The maximum atomic E-state index is 14.0. The van der Waals surface area contributed by atoms with Crippen molar-refractivity contribution in [2.45, 2.75) is 38.8 Å². The molecule has 1 fully saturated rings. The van der Waals surface area contributed by atoms with Gasteiger partial charge >= 0.3 is 12.1 Å². The van der Waals surface area contributed by atoms with E-state index in [0.717, 1.165) is 43.3 Å². The van der Waals surface area contributed by atoms with Crippen LogP contribution in [0.4, 0.5) is 19.1 Å². The van der Waals surface area contributed by atoms with Crippen molar-refractivity contribution in [2.24, 2.45) is 0 Å². The van der Waals surface area contributed by atoms with Crippen LogP contribution in [0.3, 0.4) is 0 Å². The van der Waals surface area contributed by atoms with E-state index >= 15 is 0 Å². The Kier molecular flexibility index (Phi) is 9.88. The van der Waals surface area contributed by atoms with Crippen LogP contribution in [0.2, 0.25) is 0 Å². The van der Waals surface area contributed by atoms with E-state index in [1.165, 1.54) is 13.0 Å². The highest BCUT2D eigenvalue weighted by Crippen LogP contribution is 2.37. The summed E-state index contributed by atoms with van der Waals surface area (Å²) < 4.78 is 61.2. The van der Waals surface area contributed by atoms with E-state index in [0.29, 0.717) is 29.3 Å². The second kappa shape index (κ2) is 13.7. The number of carbonyl (C=O) groups excluding carboxylic acids is 1. The van der Waals surface area contributed by atoms with Gasteiger partial charge in [0.15, 0.2) is 5.69 Å². The lowest BCUT2D eigenvalue weighted by Gasteiger charge is -2.32. The van der Waals surface area contributed by atoms with Crippen molar-refractivity contribution in [1.82, 2.24) is 19.5 Å². The molecule has 5 rings (SSSR count). The Morgan fingerprint density at radius 3 is 2.47 bits per heavy atom. The van der Waals surface area contributed by atoms with Crippen molar-refractivity contribution in [3.8, 4) is 17.0 Å². The summed E-state index contributed by atoms with van der Waals surface area (Å²) in [4.78, 5) is 27.0. The molecule has 0 aliphatic carbocycles. The van der Waals surface area contributed by atoms with E-state index < -0.39 is 33.4 Å². The zero-order chi connectivity index (χ0) is 32.2. The molecule has 0 spiro atoms. The fraction of sp³-hybridized carbons (Fsp3) is 0.438. The number of benzene rings is 1. The van der Waals surface area contributed by atoms with Gasteiger partial charge in [-0.3, -0.25) is 0 Å². The molecule has 1 aliphatic heterocycles. The first-order valence-electron chi connectivity index (χ1n) is 14.7. The largest absolute Gasteiger partial charge is 0.490 e. The molecule has 1 aliphatic rings. The lowest BCUT2D eigenvalue weighted by Crippen LogP contribution is -2.39. The molecule has 0 N–H and O–H groups in total. The molecule has 0 unspecified atom stereocenters. The molecule has 1 saturated heterocycles. The second-order valence-electron chi connectivity index (χ2n) is 11.7. The van der Waals surface area contributed by atoms with Crippen molar-refractivity contribution < 1.29 is 32.2 Å². The van der Waals surface area contributed by atoms with Gasteiger partial charge in [0.1, 0.15) is 18.6 Å². The minimum Gasteiger partial charge on any atom is -0.490 e. The van der Waals surface area contributed by atoms with Crippen LogP contribution in [-0.4, -0.2) is 82.4 Å².